The van der Waals surface area contributed by atoms with Gasteiger partial charge in [0.2, 0.25) is 11.8 Å². The van der Waals surface area contributed by atoms with E-state index in [1.807, 2.05) is 27.7 Å². The zero-order valence-electron chi connectivity index (χ0n) is 20.9. The second-order valence-electron chi connectivity index (χ2n) is 10.6. The largest absolute Gasteiger partial charge is 0.477 e. The maximum Gasteiger partial charge on any atom is 0.353 e. The molecule has 7 atom stereocenters. The number of nitrogens with one attached hydrogen (secondary N) is 1. The number of hydrogen-bond donors (Lipinski definition) is 3. The van der Waals surface area contributed by atoms with Gasteiger partial charge < -0.3 is 26.0 Å². The van der Waals surface area contributed by atoms with Crippen molar-refractivity contribution in [1.29, 1.82) is 0 Å². The van der Waals surface area contributed by atoms with Crippen molar-refractivity contribution in [2.45, 2.75) is 70.3 Å². The summed E-state index contributed by atoms with van der Waals surface area (Å²) in [4.78, 5) is 53.8. The van der Waals surface area contributed by atoms with Gasteiger partial charge in [-0.05, 0) is 24.7 Å². The highest BCUT2D eigenvalue weighted by Gasteiger charge is 2.60. The van der Waals surface area contributed by atoms with Gasteiger partial charge in [-0.25, -0.2) is 4.79 Å². The quantitative estimate of drug-likeness (QED) is 0.387. The molecule has 2 fully saturated rings. The van der Waals surface area contributed by atoms with Crippen LogP contribution in [0.25, 0.3) is 0 Å². The normalized spacial score (nSPS) is 30.3. The topological polar surface area (TPSA) is 133 Å². The molecule has 34 heavy (non-hydrogen) atoms. The predicted octanol–water partition coefficient (Wildman–Crippen LogP) is 1.28. The van der Waals surface area contributed by atoms with Crippen LogP contribution in [0.1, 0.15) is 47.0 Å². The van der Waals surface area contributed by atoms with Crippen molar-refractivity contribution in [2.75, 3.05) is 20.6 Å². The summed E-state index contributed by atoms with van der Waals surface area (Å²) in [5, 5.41) is 13.2. The SMILES string of the molecule is CC(C)C[C@H](N)C(=O)C[C@H](C)[C@H]1C(=O)N2C(C(=O)O)=C(S[C@@H]3CN[C@H](C(=O)N(C)C)C3)[C@H](C)[C@H]12. The van der Waals surface area contributed by atoms with Gasteiger partial charge in [-0.2, -0.15) is 0 Å². The van der Waals surface area contributed by atoms with E-state index in [-0.39, 0.29) is 58.9 Å². The van der Waals surface area contributed by atoms with Crippen LogP contribution in [0.15, 0.2) is 10.6 Å². The van der Waals surface area contributed by atoms with Crippen molar-refractivity contribution < 1.29 is 24.3 Å². The Morgan fingerprint density at radius 3 is 2.47 bits per heavy atom. The number of rotatable bonds is 10. The van der Waals surface area contributed by atoms with Crippen molar-refractivity contribution in [3.05, 3.63) is 10.6 Å². The number of likely N-dealkylation sites (N-methyl/N-ethyl adjacent to an activating group) is 1. The molecular weight excluding hydrogens is 456 g/mol. The molecule has 3 heterocycles. The average Bonchev–Trinajstić information content (AvgIpc) is 3.29. The van der Waals surface area contributed by atoms with Crippen LogP contribution in [0.5, 0.6) is 0 Å². The number of carbonyl (C=O) groups is 4. The van der Waals surface area contributed by atoms with Crippen LogP contribution in [0.2, 0.25) is 0 Å². The lowest BCUT2D eigenvalue weighted by Gasteiger charge is -2.47. The zero-order valence-corrected chi connectivity index (χ0v) is 21.7. The molecule has 9 nitrogen and oxygen atoms in total. The Bertz CT molecular complexity index is 889. The molecule has 0 saturated carbocycles. The third-order valence-corrected chi connectivity index (χ3v) is 8.70. The van der Waals surface area contributed by atoms with Gasteiger partial charge in [0.05, 0.1) is 24.0 Å². The van der Waals surface area contributed by atoms with Crippen molar-refractivity contribution in [3.8, 4) is 0 Å². The van der Waals surface area contributed by atoms with E-state index in [9.17, 15) is 24.3 Å². The Balaban J connectivity index is 1.71. The fourth-order valence-corrected chi connectivity index (χ4v) is 6.95. The highest BCUT2D eigenvalue weighted by Crippen LogP contribution is 2.53. The number of amides is 2. The Kier molecular flexibility index (Phi) is 8.14. The molecular formula is C24H38N4O5S. The van der Waals surface area contributed by atoms with Crippen LogP contribution in [0.4, 0.5) is 0 Å². The summed E-state index contributed by atoms with van der Waals surface area (Å²) < 4.78 is 0. The molecule has 3 rings (SSSR count). The predicted molar refractivity (Wildman–Crippen MR) is 131 cm³/mol. The monoisotopic (exact) mass is 494 g/mol. The first-order valence-corrected chi connectivity index (χ1v) is 12.9. The first kappa shape index (κ1) is 26.7. The van der Waals surface area contributed by atoms with Crippen LogP contribution in [0, 0.1) is 23.7 Å². The molecule has 2 amide bonds. The molecule has 3 aliphatic heterocycles. The summed E-state index contributed by atoms with van der Waals surface area (Å²) in [6, 6.07) is -1.09. The smallest absolute Gasteiger partial charge is 0.353 e. The van der Waals surface area contributed by atoms with E-state index in [4.69, 9.17) is 5.73 Å². The minimum Gasteiger partial charge on any atom is -0.477 e. The Morgan fingerprint density at radius 2 is 1.91 bits per heavy atom. The number of β-lactam (4-membered cyclic amide) rings is 1. The first-order valence-electron chi connectivity index (χ1n) is 12.0. The molecule has 0 aromatic heterocycles. The number of Topliss-reactive ketones (excluding diaryl/α,β-unsaturated/α-hetero) is 1. The molecule has 0 aliphatic carbocycles. The number of carboxylic acids is 1. The van der Waals surface area contributed by atoms with E-state index in [0.717, 1.165) is 0 Å². The van der Waals surface area contributed by atoms with E-state index in [1.54, 1.807) is 19.0 Å². The van der Waals surface area contributed by atoms with Gasteiger partial charge in [0, 0.05) is 43.1 Å². The summed E-state index contributed by atoms with van der Waals surface area (Å²) in [5.74, 6) is -1.84. The maximum absolute atomic E-state index is 13.1. The molecule has 0 bridgehead atoms. The number of ketones is 1. The molecule has 4 N–H and O–H groups in total. The summed E-state index contributed by atoms with van der Waals surface area (Å²) in [7, 11) is 3.43. The number of aliphatic carboxylic acids is 1. The minimum atomic E-state index is -1.11. The molecule has 0 spiro atoms. The Morgan fingerprint density at radius 1 is 1.26 bits per heavy atom. The lowest BCUT2D eigenvalue weighted by atomic mass is 9.73. The Hall–Kier alpha value is -1.91. The van der Waals surface area contributed by atoms with Gasteiger partial charge in [-0.1, -0.05) is 27.7 Å². The number of thioether (sulfide) groups is 1. The zero-order chi connectivity index (χ0) is 25.5. The number of hydrogen-bond acceptors (Lipinski definition) is 7. The maximum atomic E-state index is 13.1. The number of fused-ring (bicyclic) bond motifs is 1. The van der Waals surface area contributed by atoms with Crippen LogP contribution in [0.3, 0.4) is 0 Å². The van der Waals surface area contributed by atoms with Crippen molar-refractivity contribution in [2.24, 2.45) is 29.4 Å². The average molecular weight is 495 g/mol. The highest BCUT2D eigenvalue weighted by molar-refractivity contribution is 8.03. The minimum absolute atomic E-state index is 0.00300. The fourth-order valence-electron chi connectivity index (χ4n) is 5.47. The van der Waals surface area contributed by atoms with Crippen molar-refractivity contribution in [1.82, 2.24) is 15.1 Å². The number of nitrogens with zero attached hydrogens (tertiary/aromatic N) is 2. The summed E-state index contributed by atoms with van der Waals surface area (Å²) in [6.45, 7) is 8.47. The molecule has 2 saturated heterocycles. The summed E-state index contributed by atoms with van der Waals surface area (Å²) >= 11 is 1.47. The molecule has 3 aliphatic rings. The number of carbonyl (C=O) groups excluding carboxylic acids is 3. The molecule has 0 aromatic rings. The summed E-state index contributed by atoms with van der Waals surface area (Å²) in [5.41, 5.74) is 6.11. The second-order valence-corrected chi connectivity index (χ2v) is 11.9. The Labute approximate surface area is 205 Å². The van der Waals surface area contributed by atoms with E-state index in [1.165, 1.54) is 16.7 Å². The lowest BCUT2D eigenvalue weighted by Crippen LogP contribution is -2.62. The molecule has 0 aromatic carbocycles. The van der Waals surface area contributed by atoms with E-state index < -0.39 is 17.9 Å². The summed E-state index contributed by atoms with van der Waals surface area (Å²) in [6.07, 6.45) is 1.42. The number of nitrogens with two attached hydrogens (primary N) is 1. The van der Waals surface area contributed by atoms with Crippen molar-refractivity contribution in [3.63, 3.8) is 0 Å². The van der Waals surface area contributed by atoms with Gasteiger partial charge >= 0.3 is 5.97 Å². The van der Waals surface area contributed by atoms with Gasteiger partial charge in [0.1, 0.15) is 11.5 Å². The third kappa shape index (κ3) is 5.04. The van der Waals surface area contributed by atoms with E-state index in [0.29, 0.717) is 30.2 Å². The van der Waals surface area contributed by atoms with Gasteiger partial charge in [-0.3, -0.25) is 14.4 Å². The van der Waals surface area contributed by atoms with Crippen molar-refractivity contribution >= 4 is 35.3 Å². The lowest BCUT2D eigenvalue weighted by molar-refractivity contribution is -0.160. The third-order valence-electron chi connectivity index (χ3n) is 7.19. The van der Waals surface area contributed by atoms with Gasteiger partial charge in [-0.15, -0.1) is 11.8 Å². The fraction of sp³-hybridized carbons (Fsp3) is 0.750. The van der Waals surface area contributed by atoms with E-state index in [2.05, 4.69) is 5.32 Å². The van der Waals surface area contributed by atoms with Crippen LogP contribution >= 0.6 is 11.8 Å². The standard InChI is InChI=1S/C24H38N4O5S/c1-11(2)7-15(25)17(29)8-12(3)18-19-13(4)21(20(24(32)33)28(19)23(18)31)34-14-9-16(26-10-14)22(30)27(5)6/h11-16,18-19,26H,7-10,25H2,1-6H3,(H,32,33)/t12-,13+,14-,15-,16-,18+,19+/m0/s1. The van der Waals surface area contributed by atoms with E-state index >= 15 is 0 Å². The van der Waals surface area contributed by atoms with Gasteiger partial charge in [0.15, 0.2) is 0 Å². The molecule has 0 radical (unpaired) electrons. The first-order chi connectivity index (χ1) is 15.8. The number of carboxylic acid groups (broad SMARTS) is 1. The molecule has 10 heteroatoms. The molecule has 190 valence electrons. The van der Waals surface area contributed by atoms with Crippen LogP contribution in [-0.2, 0) is 19.2 Å². The van der Waals surface area contributed by atoms with Crippen LogP contribution in [-0.4, -0.2) is 82.5 Å². The molecule has 0 unspecified atom stereocenters. The second kappa shape index (κ2) is 10.4. The highest BCUT2D eigenvalue weighted by atomic mass is 32.2. The van der Waals surface area contributed by atoms with Gasteiger partial charge in [0.25, 0.3) is 0 Å². The van der Waals surface area contributed by atoms with Crippen LogP contribution < -0.4 is 11.1 Å².